The average molecular weight is 236 g/mol. The SMILES string of the molecule is COC(=O)c1cc(Cl)nc(C)c1C(F)F. The van der Waals surface area contributed by atoms with Gasteiger partial charge in [-0.2, -0.15) is 0 Å². The zero-order valence-corrected chi connectivity index (χ0v) is 8.81. The number of carbonyl (C=O) groups is 1. The molecular formula is C9H8ClF2NO2. The lowest BCUT2D eigenvalue weighted by Crippen LogP contribution is -2.09. The second-order valence-corrected chi connectivity index (χ2v) is 3.17. The third-order valence-corrected chi connectivity index (χ3v) is 2.04. The van der Waals surface area contributed by atoms with E-state index in [1.807, 2.05) is 0 Å². The summed E-state index contributed by atoms with van der Waals surface area (Å²) in [7, 11) is 1.11. The Labute approximate surface area is 90.0 Å². The first-order valence-electron chi connectivity index (χ1n) is 4.01. The Morgan fingerprint density at radius 1 is 1.60 bits per heavy atom. The van der Waals surface area contributed by atoms with Crippen molar-refractivity contribution < 1.29 is 18.3 Å². The molecule has 1 aromatic heterocycles. The molecule has 0 aromatic carbocycles. The number of rotatable bonds is 2. The Morgan fingerprint density at radius 3 is 2.67 bits per heavy atom. The van der Waals surface area contributed by atoms with E-state index in [4.69, 9.17) is 11.6 Å². The van der Waals surface area contributed by atoms with Crippen molar-refractivity contribution in [3.63, 3.8) is 0 Å². The van der Waals surface area contributed by atoms with Crippen LogP contribution in [0.1, 0.15) is 28.0 Å². The first-order valence-corrected chi connectivity index (χ1v) is 4.38. The molecule has 1 aromatic rings. The molecule has 0 atom stereocenters. The van der Waals surface area contributed by atoms with Crippen LogP contribution in [0.3, 0.4) is 0 Å². The van der Waals surface area contributed by atoms with Crippen LogP contribution in [0.15, 0.2) is 6.07 Å². The topological polar surface area (TPSA) is 39.2 Å². The van der Waals surface area contributed by atoms with Gasteiger partial charge >= 0.3 is 5.97 Å². The fraction of sp³-hybridized carbons (Fsp3) is 0.333. The molecular weight excluding hydrogens is 228 g/mol. The molecule has 0 spiro atoms. The molecule has 0 amide bonds. The largest absolute Gasteiger partial charge is 0.465 e. The van der Waals surface area contributed by atoms with Crippen molar-refractivity contribution in [1.82, 2.24) is 4.98 Å². The highest BCUT2D eigenvalue weighted by Gasteiger charge is 2.22. The number of aryl methyl sites for hydroxylation is 1. The van der Waals surface area contributed by atoms with Gasteiger partial charge < -0.3 is 4.74 Å². The third kappa shape index (κ3) is 2.41. The van der Waals surface area contributed by atoms with Gasteiger partial charge in [0.1, 0.15) is 5.15 Å². The number of hydrogen-bond donors (Lipinski definition) is 0. The maximum Gasteiger partial charge on any atom is 0.338 e. The quantitative estimate of drug-likeness (QED) is 0.585. The summed E-state index contributed by atoms with van der Waals surface area (Å²) in [6, 6.07) is 1.07. The number of hydrogen-bond acceptors (Lipinski definition) is 3. The van der Waals surface area contributed by atoms with Crippen LogP contribution in [0.4, 0.5) is 8.78 Å². The number of ether oxygens (including phenoxy) is 1. The van der Waals surface area contributed by atoms with E-state index in [2.05, 4.69) is 9.72 Å². The summed E-state index contributed by atoms with van der Waals surface area (Å²) in [5.74, 6) is -0.849. The minimum Gasteiger partial charge on any atom is -0.465 e. The summed E-state index contributed by atoms with van der Waals surface area (Å²) in [5.41, 5.74) is -0.658. The summed E-state index contributed by atoms with van der Waals surface area (Å²) in [5, 5.41) is -0.0164. The molecule has 0 N–H and O–H groups in total. The van der Waals surface area contributed by atoms with E-state index in [9.17, 15) is 13.6 Å². The monoisotopic (exact) mass is 235 g/mol. The van der Waals surface area contributed by atoms with Gasteiger partial charge in [-0.15, -0.1) is 0 Å². The Bertz CT molecular complexity index is 396. The summed E-state index contributed by atoms with van der Waals surface area (Å²) >= 11 is 5.56. The van der Waals surface area contributed by atoms with E-state index in [1.54, 1.807) is 0 Å². The normalized spacial score (nSPS) is 10.5. The zero-order valence-electron chi connectivity index (χ0n) is 8.05. The molecule has 3 nitrogen and oxygen atoms in total. The number of carbonyl (C=O) groups excluding carboxylic acids is 1. The van der Waals surface area contributed by atoms with Crippen molar-refractivity contribution in [2.24, 2.45) is 0 Å². The molecule has 0 radical (unpaired) electrons. The maximum atomic E-state index is 12.6. The van der Waals surface area contributed by atoms with Gasteiger partial charge in [-0.1, -0.05) is 11.6 Å². The van der Waals surface area contributed by atoms with Gasteiger partial charge in [-0.3, -0.25) is 0 Å². The highest BCUT2D eigenvalue weighted by Crippen LogP contribution is 2.27. The molecule has 0 saturated heterocycles. The van der Waals surface area contributed by atoms with Crippen molar-refractivity contribution in [3.05, 3.63) is 28.0 Å². The van der Waals surface area contributed by atoms with Gasteiger partial charge in [0, 0.05) is 5.69 Å². The van der Waals surface area contributed by atoms with Crippen molar-refractivity contribution in [2.45, 2.75) is 13.3 Å². The first kappa shape index (κ1) is 11.8. The molecule has 1 heterocycles. The predicted octanol–water partition coefficient (Wildman–Crippen LogP) is 2.77. The molecule has 6 heteroatoms. The second-order valence-electron chi connectivity index (χ2n) is 2.78. The number of pyridine rings is 1. The van der Waals surface area contributed by atoms with Crippen LogP contribution in [0.5, 0.6) is 0 Å². The van der Waals surface area contributed by atoms with Gasteiger partial charge in [0.15, 0.2) is 0 Å². The van der Waals surface area contributed by atoms with Crippen molar-refractivity contribution in [3.8, 4) is 0 Å². The molecule has 0 aliphatic carbocycles. The number of halogens is 3. The molecule has 0 fully saturated rings. The first-order chi connectivity index (χ1) is 6.97. The van der Waals surface area contributed by atoms with E-state index in [-0.39, 0.29) is 16.4 Å². The van der Waals surface area contributed by atoms with E-state index < -0.39 is 18.0 Å². The fourth-order valence-electron chi connectivity index (χ4n) is 1.20. The lowest BCUT2D eigenvalue weighted by molar-refractivity contribution is 0.0588. The maximum absolute atomic E-state index is 12.6. The lowest BCUT2D eigenvalue weighted by Gasteiger charge is -2.09. The lowest BCUT2D eigenvalue weighted by atomic mass is 10.1. The predicted molar refractivity (Wildman–Crippen MR) is 50.3 cm³/mol. The Balaban J connectivity index is 3.40. The number of aromatic nitrogens is 1. The molecule has 0 bridgehead atoms. The molecule has 0 saturated carbocycles. The fourth-order valence-corrected chi connectivity index (χ4v) is 1.43. The van der Waals surface area contributed by atoms with Crippen LogP contribution in [0.2, 0.25) is 5.15 Å². The summed E-state index contributed by atoms with van der Waals surface area (Å²) in [4.78, 5) is 14.9. The third-order valence-electron chi connectivity index (χ3n) is 1.84. The van der Waals surface area contributed by atoms with E-state index in [0.29, 0.717) is 0 Å². The van der Waals surface area contributed by atoms with Crippen molar-refractivity contribution in [1.29, 1.82) is 0 Å². The van der Waals surface area contributed by atoms with E-state index in [0.717, 1.165) is 13.2 Å². The number of nitrogens with zero attached hydrogens (tertiary/aromatic N) is 1. The molecule has 0 aliphatic rings. The van der Waals surface area contributed by atoms with E-state index >= 15 is 0 Å². The van der Waals surface area contributed by atoms with Gasteiger partial charge in [-0.05, 0) is 13.0 Å². The van der Waals surface area contributed by atoms with Gasteiger partial charge in [0.25, 0.3) is 6.43 Å². The molecule has 82 valence electrons. The number of esters is 1. The van der Waals surface area contributed by atoms with Crippen LogP contribution >= 0.6 is 11.6 Å². The standard InChI is InChI=1S/C9H8ClF2NO2/c1-4-7(8(11)12)5(9(14)15-2)3-6(10)13-4/h3,8H,1-2H3. The van der Waals surface area contributed by atoms with Crippen LogP contribution in [-0.2, 0) is 4.74 Å². The summed E-state index contributed by atoms with van der Waals surface area (Å²) < 4.78 is 29.6. The molecule has 1 rings (SSSR count). The Hall–Kier alpha value is -1.23. The highest BCUT2D eigenvalue weighted by atomic mass is 35.5. The zero-order chi connectivity index (χ0) is 11.6. The van der Waals surface area contributed by atoms with Gasteiger partial charge in [-0.25, -0.2) is 18.6 Å². The Morgan fingerprint density at radius 2 is 2.20 bits per heavy atom. The Kier molecular flexibility index (Phi) is 3.57. The van der Waals surface area contributed by atoms with Crippen molar-refractivity contribution >= 4 is 17.6 Å². The smallest absolute Gasteiger partial charge is 0.338 e. The van der Waals surface area contributed by atoms with E-state index in [1.165, 1.54) is 6.92 Å². The summed E-state index contributed by atoms with van der Waals surface area (Å²) in [6.07, 6.45) is -2.79. The highest BCUT2D eigenvalue weighted by molar-refractivity contribution is 6.29. The minimum atomic E-state index is -2.79. The minimum absolute atomic E-state index is 0.0164. The average Bonchev–Trinajstić information content (AvgIpc) is 2.14. The molecule has 0 unspecified atom stereocenters. The van der Waals surface area contributed by atoms with Crippen LogP contribution < -0.4 is 0 Å². The van der Waals surface area contributed by atoms with Gasteiger partial charge in [0.2, 0.25) is 0 Å². The number of alkyl halides is 2. The van der Waals surface area contributed by atoms with Crippen LogP contribution in [0.25, 0.3) is 0 Å². The second kappa shape index (κ2) is 4.53. The van der Waals surface area contributed by atoms with Crippen LogP contribution in [0, 0.1) is 6.92 Å². The molecule has 15 heavy (non-hydrogen) atoms. The van der Waals surface area contributed by atoms with Gasteiger partial charge in [0.05, 0.1) is 18.2 Å². The van der Waals surface area contributed by atoms with Crippen molar-refractivity contribution in [2.75, 3.05) is 7.11 Å². The molecule has 0 aliphatic heterocycles. The number of methoxy groups -OCH3 is 1. The van der Waals surface area contributed by atoms with Crippen LogP contribution in [-0.4, -0.2) is 18.1 Å². The summed E-state index contributed by atoms with van der Waals surface area (Å²) in [6.45, 7) is 1.36.